The van der Waals surface area contributed by atoms with Gasteiger partial charge in [-0.25, -0.2) is 4.98 Å². The summed E-state index contributed by atoms with van der Waals surface area (Å²) in [5, 5.41) is 3.94. The molecule has 5 heteroatoms. The van der Waals surface area contributed by atoms with Gasteiger partial charge in [-0.05, 0) is 32.4 Å². The van der Waals surface area contributed by atoms with Crippen molar-refractivity contribution in [1.29, 1.82) is 0 Å². The van der Waals surface area contributed by atoms with Crippen LogP contribution in [0.4, 0.5) is 5.13 Å². The number of aromatic nitrogens is 1. The Balaban J connectivity index is 2.06. The Kier molecular flexibility index (Phi) is 4.37. The van der Waals surface area contributed by atoms with Crippen LogP contribution in [0, 0.1) is 6.92 Å². The molecule has 0 spiro atoms. The highest BCUT2D eigenvalue weighted by Gasteiger charge is 2.11. The summed E-state index contributed by atoms with van der Waals surface area (Å²) in [6, 6.07) is 6.13. The van der Waals surface area contributed by atoms with E-state index in [0.717, 1.165) is 34.0 Å². The maximum atomic E-state index is 11.9. The molecule has 1 aromatic carbocycles. The lowest BCUT2D eigenvalue weighted by molar-refractivity contribution is -0.128. The highest BCUT2D eigenvalue weighted by molar-refractivity contribution is 7.22. The van der Waals surface area contributed by atoms with Gasteiger partial charge in [0.05, 0.1) is 16.8 Å². The molecule has 1 aromatic heterocycles. The van der Waals surface area contributed by atoms with Crippen molar-refractivity contribution in [2.24, 2.45) is 0 Å². The lowest BCUT2D eigenvalue weighted by atomic mass is 10.2. The van der Waals surface area contributed by atoms with Gasteiger partial charge in [-0.1, -0.05) is 23.5 Å². The second kappa shape index (κ2) is 6.02. The van der Waals surface area contributed by atoms with Gasteiger partial charge in [0.2, 0.25) is 5.91 Å². The number of anilines is 1. The van der Waals surface area contributed by atoms with Crippen LogP contribution < -0.4 is 5.32 Å². The highest BCUT2D eigenvalue weighted by atomic mass is 32.1. The Morgan fingerprint density at radius 3 is 2.74 bits per heavy atom. The van der Waals surface area contributed by atoms with Crippen LogP contribution in [0.5, 0.6) is 0 Å². The topological polar surface area (TPSA) is 45.2 Å². The van der Waals surface area contributed by atoms with Crippen molar-refractivity contribution in [3.8, 4) is 0 Å². The molecule has 2 rings (SSSR count). The second-order valence-corrected chi connectivity index (χ2v) is 5.39. The monoisotopic (exact) mass is 277 g/mol. The minimum atomic E-state index is 0.112. The molecule has 0 radical (unpaired) electrons. The average molecular weight is 277 g/mol. The van der Waals surface area contributed by atoms with Gasteiger partial charge in [-0.15, -0.1) is 0 Å². The van der Waals surface area contributed by atoms with Crippen LogP contribution in [0.15, 0.2) is 18.2 Å². The molecule has 102 valence electrons. The standard InChI is InChI=1S/C14H19N3OS/c1-4-17(5-2)12(18)9-15-14-16-13-10(3)7-6-8-11(13)19-14/h6-8H,4-5,9H2,1-3H3,(H,15,16). The van der Waals surface area contributed by atoms with E-state index >= 15 is 0 Å². The summed E-state index contributed by atoms with van der Waals surface area (Å²) < 4.78 is 1.15. The summed E-state index contributed by atoms with van der Waals surface area (Å²) in [5.41, 5.74) is 2.18. The lowest BCUT2D eigenvalue weighted by Gasteiger charge is -2.18. The van der Waals surface area contributed by atoms with Gasteiger partial charge in [0, 0.05) is 13.1 Å². The first-order valence-corrected chi connectivity index (χ1v) is 7.35. The molecule has 2 aromatic rings. The number of para-hydroxylation sites is 1. The van der Waals surface area contributed by atoms with Crippen LogP contribution in [-0.4, -0.2) is 35.4 Å². The molecule has 0 fully saturated rings. The molecule has 4 nitrogen and oxygen atoms in total. The zero-order valence-corrected chi connectivity index (χ0v) is 12.4. The summed E-state index contributed by atoms with van der Waals surface area (Å²) in [7, 11) is 0. The number of aryl methyl sites for hydroxylation is 1. The second-order valence-electron chi connectivity index (χ2n) is 4.36. The third-order valence-electron chi connectivity index (χ3n) is 3.13. The van der Waals surface area contributed by atoms with Gasteiger partial charge in [-0.2, -0.15) is 0 Å². The van der Waals surface area contributed by atoms with Gasteiger partial charge in [0.25, 0.3) is 0 Å². The van der Waals surface area contributed by atoms with Gasteiger partial charge in [-0.3, -0.25) is 4.79 Å². The average Bonchev–Trinajstić information content (AvgIpc) is 2.82. The van der Waals surface area contributed by atoms with E-state index in [1.165, 1.54) is 0 Å². The molecule has 0 bridgehead atoms. The third-order valence-corrected chi connectivity index (χ3v) is 4.11. The SMILES string of the molecule is CCN(CC)C(=O)CNc1nc2c(C)cccc2s1. The predicted molar refractivity (Wildman–Crippen MR) is 80.8 cm³/mol. The van der Waals surface area contributed by atoms with Gasteiger partial charge in [0.1, 0.15) is 0 Å². The van der Waals surface area contributed by atoms with E-state index in [-0.39, 0.29) is 5.91 Å². The quantitative estimate of drug-likeness (QED) is 0.914. The van der Waals surface area contributed by atoms with Crippen LogP contribution in [0.1, 0.15) is 19.4 Å². The summed E-state index contributed by atoms with van der Waals surface area (Å²) >= 11 is 1.59. The molecule has 1 N–H and O–H groups in total. The van der Waals surface area contributed by atoms with E-state index in [2.05, 4.69) is 16.4 Å². The van der Waals surface area contributed by atoms with Gasteiger partial charge < -0.3 is 10.2 Å². The normalized spacial score (nSPS) is 10.7. The zero-order valence-electron chi connectivity index (χ0n) is 11.6. The molecule has 1 amide bonds. The number of benzene rings is 1. The molecule has 1 heterocycles. The van der Waals surface area contributed by atoms with Gasteiger partial charge >= 0.3 is 0 Å². The molecule has 0 aliphatic heterocycles. The van der Waals surface area contributed by atoms with Crippen LogP contribution in [0.25, 0.3) is 10.2 Å². The Morgan fingerprint density at radius 1 is 1.37 bits per heavy atom. The number of nitrogens with one attached hydrogen (secondary N) is 1. The number of carbonyl (C=O) groups is 1. The number of carbonyl (C=O) groups excluding carboxylic acids is 1. The van der Waals surface area contributed by atoms with Crippen LogP contribution in [-0.2, 0) is 4.79 Å². The summed E-state index contributed by atoms with van der Waals surface area (Å²) in [6.45, 7) is 7.82. The maximum Gasteiger partial charge on any atom is 0.241 e. The Labute approximate surface area is 117 Å². The first kappa shape index (κ1) is 13.8. The fraction of sp³-hybridized carbons (Fsp3) is 0.429. The van der Waals surface area contributed by atoms with Gasteiger partial charge in [0.15, 0.2) is 5.13 Å². The van der Waals surface area contributed by atoms with Crippen molar-refractivity contribution in [2.75, 3.05) is 25.0 Å². The third kappa shape index (κ3) is 3.04. The molecular formula is C14H19N3OS. The molecule has 0 atom stereocenters. The number of rotatable bonds is 5. The van der Waals surface area contributed by atoms with E-state index in [9.17, 15) is 4.79 Å². The van der Waals surface area contributed by atoms with Crippen LogP contribution in [0.2, 0.25) is 0 Å². The number of hydrogen-bond acceptors (Lipinski definition) is 4. The number of nitrogens with zero attached hydrogens (tertiary/aromatic N) is 2. The largest absolute Gasteiger partial charge is 0.352 e. The zero-order chi connectivity index (χ0) is 13.8. The number of hydrogen-bond donors (Lipinski definition) is 1. The molecule has 0 saturated carbocycles. The Bertz CT molecular complexity index is 575. The summed E-state index contributed by atoms with van der Waals surface area (Å²) in [5.74, 6) is 0.112. The van der Waals surface area contributed by atoms with Crippen LogP contribution >= 0.6 is 11.3 Å². The molecule has 0 aliphatic carbocycles. The van der Waals surface area contributed by atoms with Crippen molar-refractivity contribution < 1.29 is 4.79 Å². The Hall–Kier alpha value is -1.62. The van der Waals surface area contributed by atoms with E-state index in [0.29, 0.717) is 6.54 Å². The van der Waals surface area contributed by atoms with E-state index in [1.54, 1.807) is 11.3 Å². The predicted octanol–water partition coefficient (Wildman–Crippen LogP) is 2.89. The minimum Gasteiger partial charge on any atom is -0.352 e. The van der Waals surface area contributed by atoms with Crippen LogP contribution in [0.3, 0.4) is 0 Å². The number of amides is 1. The molecule has 19 heavy (non-hydrogen) atoms. The van der Waals surface area contributed by atoms with Crippen molar-refractivity contribution in [1.82, 2.24) is 9.88 Å². The molecule has 0 aliphatic rings. The maximum absolute atomic E-state index is 11.9. The first-order chi connectivity index (χ1) is 9.15. The van der Waals surface area contributed by atoms with Crippen molar-refractivity contribution >= 4 is 32.6 Å². The smallest absolute Gasteiger partial charge is 0.241 e. The van der Waals surface area contributed by atoms with Crippen molar-refractivity contribution in [2.45, 2.75) is 20.8 Å². The fourth-order valence-electron chi connectivity index (χ4n) is 2.00. The number of thiazole rings is 1. The number of likely N-dealkylation sites (N-methyl/N-ethyl adjacent to an activating group) is 1. The van der Waals surface area contributed by atoms with Crippen molar-refractivity contribution in [3.63, 3.8) is 0 Å². The lowest BCUT2D eigenvalue weighted by Crippen LogP contribution is -2.35. The first-order valence-electron chi connectivity index (χ1n) is 6.53. The highest BCUT2D eigenvalue weighted by Crippen LogP contribution is 2.27. The molecule has 0 unspecified atom stereocenters. The van der Waals surface area contributed by atoms with E-state index in [4.69, 9.17) is 0 Å². The summed E-state index contributed by atoms with van der Waals surface area (Å²) in [4.78, 5) is 18.2. The van der Waals surface area contributed by atoms with E-state index < -0.39 is 0 Å². The van der Waals surface area contributed by atoms with E-state index in [1.807, 2.05) is 37.8 Å². The number of fused-ring (bicyclic) bond motifs is 1. The Morgan fingerprint density at radius 2 is 2.11 bits per heavy atom. The summed E-state index contributed by atoms with van der Waals surface area (Å²) in [6.07, 6.45) is 0. The molecular weight excluding hydrogens is 258 g/mol. The minimum absolute atomic E-state index is 0.112. The van der Waals surface area contributed by atoms with Crippen molar-refractivity contribution in [3.05, 3.63) is 23.8 Å². The molecule has 0 saturated heterocycles. The fourth-order valence-corrected chi connectivity index (χ4v) is 2.94.